The fourth-order valence-electron chi connectivity index (χ4n) is 4.27. The summed E-state index contributed by atoms with van der Waals surface area (Å²) >= 11 is 7.40. The van der Waals surface area contributed by atoms with E-state index in [2.05, 4.69) is 14.7 Å². The number of aromatic nitrogens is 2. The lowest BCUT2D eigenvalue weighted by Gasteiger charge is -2.31. The van der Waals surface area contributed by atoms with Crippen molar-refractivity contribution in [2.75, 3.05) is 18.4 Å². The van der Waals surface area contributed by atoms with Gasteiger partial charge in [0.05, 0.1) is 11.8 Å². The number of likely N-dealkylation sites (tertiary alicyclic amines) is 1. The van der Waals surface area contributed by atoms with Crippen LogP contribution in [-0.4, -0.2) is 50.9 Å². The van der Waals surface area contributed by atoms with E-state index >= 15 is 0 Å². The van der Waals surface area contributed by atoms with Gasteiger partial charge in [-0.1, -0.05) is 29.8 Å². The van der Waals surface area contributed by atoms with Crippen molar-refractivity contribution in [3.63, 3.8) is 0 Å². The zero-order valence-corrected chi connectivity index (χ0v) is 21.6. The number of pyridine rings is 1. The van der Waals surface area contributed by atoms with Crippen LogP contribution in [0.1, 0.15) is 39.6 Å². The molecule has 10 heteroatoms. The van der Waals surface area contributed by atoms with Gasteiger partial charge in [0, 0.05) is 46.5 Å². The summed E-state index contributed by atoms with van der Waals surface area (Å²) in [4.78, 5) is 39.9. The maximum Gasteiger partial charge on any atom is 0.267 e. The number of nitrogens with one attached hydrogen (secondary N) is 2. The fraction of sp³-hybridized carbons (Fsp3) is 0.259. The van der Waals surface area contributed by atoms with Gasteiger partial charge in [0.2, 0.25) is 6.41 Å². The maximum absolute atomic E-state index is 13.1. The number of aryl methyl sites for hydroxylation is 1. The predicted octanol–water partition coefficient (Wildman–Crippen LogP) is 4.56. The van der Waals surface area contributed by atoms with Gasteiger partial charge in [-0.2, -0.15) is 4.37 Å². The molecule has 1 aliphatic carbocycles. The Bertz CT molecular complexity index is 1540. The van der Waals surface area contributed by atoms with Crippen LogP contribution in [0.5, 0.6) is 0 Å². The van der Waals surface area contributed by atoms with Crippen LogP contribution in [0.15, 0.2) is 53.5 Å². The molecule has 0 bridgehead atoms. The van der Waals surface area contributed by atoms with E-state index in [0.717, 1.165) is 47.0 Å². The smallest absolute Gasteiger partial charge is 0.267 e. The average Bonchev–Trinajstić information content (AvgIpc) is 3.62. The van der Waals surface area contributed by atoms with E-state index in [0.29, 0.717) is 40.0 Å². The molecule has 1 aliphatic heterocycles. The molecule has 37 heavy (non-hydrogen) atoms. The number of hydrogen-bond acceptors (Lipinski definition) is 6. The molecule has 190 valence electrons. The molecule has 1 saturated carbocycles. The molecular weight excluding hydrogens is 512 g/mol. The molecule has 4 aromatic rings. The van der Waals surface area contributed by atoms with Gasteiger partial charge in [-0.25, -0.2) is 0 Å². The van der Waals surface area contributed by atoms with Crippen molar-refractivity contribution in [2.45, 2.75) is 31.8 Å². The summed E-state index contributed by atoms with van der Waals surface area (Å²) in [6, 6.07) is 13.0. The highest BCUT2D eigenvalue weighted by Gasteiger charge is 2.34. The van der Waals surface area contributed by atoms with Gasteiger partial charge in [0.25, 0.3) is 11.5 Å². The number of aliphatic hydroxyl groups excluding tert-OH is 1. The first-order valence-corrected chi connectivity index (χ1v) is 13.1. The average molecular weight is 537 g/mol. The van der Waals surface area contributed by atoms with Crippen molar-refractivity contribution in [3.05, 3.63) is 80.0 Å². The van der Waals surface area contributed by atoms with Crippen molar-refractivity contribution < 1.29 is 14.7 Å². The second kappa shape index (κ2) is 10.5. The van der Waals surface area contributed by atoms with Crippen molar-refractivity contribution >= 4 is 51.9 Å². The molecule has 1 saturated heterocycles. The number of aliphatic hydroxyl groups is 1. The number of aromatic amines is 1. The number of halogens is 1. The Labute approximate surface area is 222 Å². The second-order valence-electron chi connectivity index (χ2n) is 9.25. The number of amides is 2. The lowest BCUT2D eigenvalue weighted by Crippen LogP contribution is -2.49. The van der Waals surface area contributed by atoms with Crippen LogP contribution >= 0.6 is 23.1 Å². The third kappa shape index (κ3) is 5.29. The first-order chi connectivity index (χ1) is 17.9. The first kappa shape index (κ1) is 25.1. The van der Waals surface area contributed by atoms with Gasteiger partial charge in [-0.3, -0.25) is 14.4 Å². The highest BCUT2D eigenvalue weighted by atomic mass is 35.5. The third-order valence-corrected chi connectivity index (χ3v) is 7.73. The number of carbonyl (C=O) groups is 2. The first-order valence-electron chi connectivity index (χ1n) is 11.9. The van der Waals surface area contributed by atoms with Crippen LogP contribution in [-0.2, 0) is 4.79 Å². The highest BCUT2D eigenvalue weighted by molar-refractivity contribution is 7.08. The number of nitrogens with zero attached hydrogens (tertiary/aromatic N) is 2. The molecular formula is C27H25ClN4O4S. The molecule has 2 aromatic carbocycles. The van der Waals surface area contributed by atoms with Crippen LogP contribution < -0.4 is 10.9 Å². The molecule has 0 spiro atoms. The maximum atomic E-state index is 13.1. The van der Waals surface area contributed by atoms with E-state index in [1.54, 1.807) is 18.3 Å². The molecule has 0 atom stereocenters. The Morgan fingerprint density at radius 2 is 2.00 bits per heavy atom. The third-order valence-electron chi connectivity index (χ3n) is 6.46. The fourth-order valence-corrected chi connectivity index (χ4v) is 5.32. The Morgan fingerprint density at radius 3 is 2.65 bits per heavy atom. The number of hydrogen-bond donors (Lipinski definition) is 3. The molecule has 2 fully saturated rings. The summed E-state index contributed by atoms with van der Waals surface area (Å²) in [5.41, 5.74) is 4.14. The minimum Gasteiger partial charge on any atom is -0.389 e. The molecule has 2 aliphatic rings. The molecule has 3 N–H and O–H groups in total. The van der Waals surface area contributed by atoms with E-state index in [-0.39, 0.29) is 17.6 Å². The minimum absolute atomic E-state index is 0.133. The minimum atomic E-state index is -0.259. The molecule has 2 aromatic heterocycles. The summed E-state index contributed by atoms with van der Waals surface area (Å²) < 4.78 is 4.66. The van der Waals surface area contributed by atoms with Gasteiger partial charge in [0.1, 0.15) is 4.88 Å². The highest BCUT2D eigenvalue weighted by Crippen LogP contribution is 2.48. The summed E-state index contributed by atoms with van der Waals surface area (Å²) in [5, 5.41) is 13.6. The van der Waals surface area contributed by atoms with Crippen molar-refractivity contribution in [1.29, 1.82) is 0 Å². The quantitative estimate of drug-likeness (QED) is 0.323. The lowest BCUT2D eigenvalue weighted by atomic mass is 9.98. The van der Waals surface area contributed by atoms with Crippen molar-refractivity contribution in [3.8, 4) is 11.3 Å². The monoisotopic (exact) mass is 536 g/mol. The van der Waals surface area contributed by atoms with Gasteiger partial charge in [-0.05, 0) is 72.4 Å². The number of rotatable bonds is 5. The normalized spacial score (nSPS) is 15.1. The number of fused-ring (bicyclic) bond motifs is 1. The predicted molar refractivity (Wildman–Crippen MR) is 145 cm³/mol. The van der Waals surface area contributed by atoms with Crippen LogP contribution in [0.3, 0.4) is 0 Å². The molecule has 2 amide bonds. The Morgan fingerprint density at radius 1 is 1.22 bits per heavy atom. The van der Waals surface area contributed by atoms with Crippen LogP contribution in [0.2, 0.25) is 5.02 Å². The van der Waals surface area contributed by atoms with Crippen molar-refractivity contribution in [2.24, 2.45) is 0 Å². The molecule has 3 heterocycles. The standard InChI is InChI=1S/C23H18ClN3O2S.C4H7NO2/c1-12-5-8-14(11-18(12)24)26-23(29)21-19(13-6-7-13)20(27-30-21)16-3-2-4-17-15(16)9-10-25-22(17)28;6-3-5-1-4(7)2-5/h2-5,8-11,13H,6-7H2,1H3,(H,25,28)(H,26,29);3-4,7H,1-2H2. The number of β-amino-alcohol motifs (C(OH)–C–C–N with tert-alkyl or cyclic N) is 1. The Hall–Kier alpha value is -3.53. The van der Waals surface area contributed by atoms with E-state index in [9.17, 15) is 14.4 Å². The topological polar surface area (TPSA) is 115 Å². The van der Waals surface area contributed by atoms with E-state index in [1.165, 1.54) is 16.4 Å². The van der Waals surface area contributed by atoms with E-state index in [4.69, 9.17) is 16.7 Å². The van der Waals surface area contributed by atoms with Crippen molar-refractivity contribution in [1.82, 2.24) is 14.3 Å². The number of carbonyl (C=O) groups excluding carboxylic acids is 2. The largest absolute Gasteiger partial charge is 0.389 e. The van der Waals surface area contributed by atoms with E-state index in [1.807, 2.05) is 37.3 Å². The van der Waals surface area contributed by atoms with Crippen LogP contribution in [0, 0.1) is 6.92 Å². The van der Waals surface area contributed by atoms with Gasteiger partial charge in [0.15, 0.2) is 0 Å². The number of benzene rings is 2. The van der Waals surface area contributed by atoms with E-state index < -0.39 is 0 Å². The van der Waals surface area contributed by atoms with Gasteiger partial charge >= 0.3 is 0 Å². The van der Waals surface area contributed by atoms with Crippen LogP contribution in [0.25, 0.3) is 22.0 Å². The molecule has 0 unspecified atom stereocenters. The lowest BCUT2D eigenvalue weighted by molar-refractivity contribution is -0.127. The number of H-pyrrole nitrogens is 1. The Balaban J connectivity index is 0.000000348. The summed E-state index contributed by atoms with van der Waals surface area (Å²) in [7, 11) is 0. The van der Waals surface area contributed by atoms with Gasteiger partial charge < -0.3 is 20.3 Å². The molecule has 8 nitrogen and oxygen atoms in total. The number of anilines is 1. The summed E-state index contributed by atoms with van der Waals surface area (Å²) in [6.45, 7) is 2.96. The molecule has 0 radical (unpaired) electrons. The zero-order valence-electron chi connectivity index (χ0n) is 20.0. The van der Waals surface area contributed by atoms with Crippen LogP contribution in [0.4, 0.5) is 5.69 Å². The summed E-state index contributed by atoms with van der Waals surface area (Å²) in [5.74, 6) is 0.136. The Kier molecular flexibility index (Phi) is 7.10. The molecule has 6 rings (SSSR count). The van der Waals surface area contributed by atoms with Gasteiger partial charge in [-0.15, -0.1) is 0 Å². The second-order valence-corrected chi connectivity index (χ2v) is 10.4. The SMILES string of the molecule is Cc1ccc(NC(=O)c2snc(-c3cccc4c(=O)[nH]ccc34)c2C2CC2)cc1Cl.O=CN1CC(O)C1. The zero-order chi connectivity index (χ0) is 26.1. The summed E-state index contributed by atoms with van der Waals surface area (Å²) in [6.07, 6.45) is 4.20.